The highest BCUT2D eigenvalue weighted by molar-refractivity contribution is 5.44. The average Bonchev–Trinajstić information content (AvgIpc) is 2.18. The van der Waals surface area contributed by atoms with Gasteiger partial charge >= 0.3 is 0 Å². The summed E-state index contributed by atoms with van der Waals surface area (Å²) in [6, 6.07) is 1.77. The van der Waals surface area contributed by atoms with E-state index in [9.17, 15) is 5.11 Å². The standard InChI is InChI=1S/C12H20N2O/c1-9(2)3-4-11(15)7-10-8-14-6-5-12(10)13/h5-6,8-9,11,15H,3-4,7H2,1-2H3,(H2,13,14). The molecular weight excluding hydrogens is 188 g/mol. The molecule has 0 aliphatic rings. The van der Waals surface area contributed by atoms with E-state index >= 15 is 0 Å². The predicted molar refractivity (Wildman–Crippen MR) is 62.4 cm³/mol. The largest absolute Gasteiger partial charge is 0.398 e. The van der Waals surface area contributed by atoms with E-state index in [4.69, 9.17) is 5.73 Å². The first kappa shape index (κ1) is 12.0. The Balaban J connectivity index is 2.44. The van der Waals surface area contributed by atoms with Gasteiger partial charge in [0.25, 0.3) is 0 Å². The van der Waals surface area contributed by atoms with Gasteiger partial charge < -0.3 is 10.8 Å². The number of hydrogen-bond acceptors (Lipinski definition) is 3. The van der Waals surface area contributed by atoms with Gasteiger partial charge in [0.05, 0.1) is 6.10 Å². The normalized spacial score (nSPS) is 13.1. The van der Waals surface area contributed by atoms with Crippen LogP contribution in [0.25, 0.3) is 0 Å². The predicted octanol–water partition coefficient (Wildman–Crippen LogP) is 2.00. The first-order valence-corrected chi connectivity index (χ1v) is 5.46. The van der Waals surface area contributed by atoms with E-state index in [2.05, 4.69) is 18.8 Å². The minimum atomic E-state index is -0.307. The lowest BCUT2D eigenvalue weighted by Crippen LogP contribution is -2.12. The maximum Gasteiger partial charge on any atom is 0.0582 e. The van der Waals surface area contributed by atoms with Gasteiger partial charge in [-0.05, 0) is 30.4 Å². The smallest absolute Gasteiger partial charge is 0.0582 e. The van der Waals surface area contributed by atoms with Crippen molar-refractivity contribution in [2.24, 2.45) is 5.92 Å². The van der Waals surface area contributed by atoms with E-state index in [1.165, 1.54) is 0 Å². The van der Waals surface area contributed by atoms with Crippen molar-refractivity contribution in [1.29, 1.82) is 0 Å². The minimum Gasteiger partial charge on any atom is -0.398 e. The van der Waals surface area contributed by atoms with Crippen molar-refractivity contribution in [3.8, 4) is 0 Å². The molecule has 1 atom stereocenters. The molecule has 0 amide bonds. The fraction of sp³-hybridized carbons (Fsp3) is 0.583. The van der Waals surface area contributed by atoms with Crippen LogP contribution in [0.1, 0.15) is 32.3 Å². The Morgan fingerprint density at radius 1 is 1.40 bits per heavy atom. The SMILES string of the molecule is CC(C)CCC(O)Cc1cnccc1N. The first-order valence-electron chi connectivity index (χ1n) is 5.46. The molecular formula is C12H20N2O. The summed E-state index contributed by atoms with van der Waals surface area (Å²) >= 11 is 0. The molecule has 84 valence electrons. The third-order valence-electron chi connectivity index (χ3n) is 2.47. The molecule has 0 fully saturated rings. The highest BCUT2D eigenvalue weighted by Gasteiger charge is 2.08. The molecule has 0 aromatic carbocycles. The van der Waals surface area contributed by atoms with Gasteiger partial charge in [0, 0.05) is 24.5 Å². The van der Waals surface area contributed by atoms with Crippen LogP contribution in [-0.2, 0) is 6.42 Å². The lowest BCUT2D eigenvalue weighted by Gasteiger charge is -2.12. The number of hydrogen-bond donors (Lipinski definition) is 2. The molecule has 1 heterocycles. The zero-order chi connectivity index (χ0) is 11.3. The second-order valence-electron chi connectivity index (χ2n) is 4.40. The minimum absolute atomic E-state index is 0.307. The lowest BCUT2D eigenvalue weighted by atomic mass is 10.0. The summed E-state index contributed by atoms with van der Waals surface area (Å²) in [6.07, 6.45) is 5.56. The van der Waals surface area contributed by atoms with E-state index in [1.807, 2.05) is 0 Å². The van der Waals surface area contributed by atoms with Gasteiger partial charge in [-0.25, -0.2) is 0 Å². The molecule has 0 aliphatic carbocycles. The number of aliphatic hydroxyl groups excluding tert-OH is 1. The van der Waals surface area contributed by atoms with Crippen molar-refractivity contribution < 1.29 is 5.11 Å². The van der Waals surface area contributed by atoms with Gasteiger partial charge in [0.2, 0.25) is 0 Å². The van der Waals surface area contributed by atoms with Crippen LogP contribution in [0.15, 0.2) is 18.5 Å². The Morgan fingerprint density at radius 2 is 2.13 bits per heavy atom. The molecule has 0 radical (unpaired) electrons. The summed E-state index contributed by atoms with van der Waals surface area (Å²) in [6.45, 7) is 4.32. The number of nitrogens with two attached hydrogens (primary N) is 1. The Hall–Kier alpha value is -1.09. The molecule has 3 N–H and O–H groups in total. The fourth-order valence-corrected chi connectivity index (χ4v) is 1.49. The molecule has 0 saturated carbocycles. The van der Waals surface area contributed by atoms with Gasteiger partial charge in [0.1, 0.15) is 0 Å². The third-order valence-corrected chi connectivity index (χ3v) is 2.47. The van der Waals surface area contributed by atoms with Crippen molar-refractivity contribution >= 4 is 5.69 Å². The zero-order valence-electron chi connectivity index (χ0n) is 9.48. The van der Waals surface area contributed by atoms with E-state index in [-0.39, 0.29) is 6.10 Å². The van der Waals surface area contributed by atoms with Crippen LogP contribution in [0.5, 0.6) is 0 Å². The van der Waals surface area contributed by atoms with Crippen LogP contribution in [0.2, 0.25) is 0 Å². The van der Waals surface area contributed by atoms with E-state index in [1.54, 1.807) is 18.5 Å². The van der Waals surface area contributed by atoms with E-state index in [0.717, 1.165) is 18.4 Å². The number of rotatable bonds is 5. The summed E-state index contributed by atoms with van der Waals surface area (Å²) in [5.41, 5.74) is 7.43. The molecule has 1 rings (SSSR count). The third kappa shape index (κ3) is 4.30. The average molecular weight is 208 g/mol. The van der Waals surface area contributed by atoms with E-state index in [0.29, 0.717) is 18.0 Å². The number of aliphatic hydroxyl groups is 1. The highest BCUT2D eigenvalue weighted by Crippen LogP contribution is 2.15. The number of aromatic nitrogens is 1. The Labute approximate surface area is 91.3 Å². The molecule has 0 spiro atoms. The molecule has 1 unspecified atom stereocenters. The summed E-state index contributed by atoms with van der Waals surface area (Å²) in [7, 11) is 0. The quantitative estimate of drug-likeness (QED) is 0.778. The molecule has 0 bridgehead atoms. The summed E-state index contributed by atoms with van der Waals surface area (Å²) in [5, 5.41) is 9.79. The summed E-state index contributed by atoms with van der Waals surface area (Å²) in [4.78, 5) is 4.00. The van der Waals surface area contributed by atoms with Gasteiger partial charge in [-0.2, -0.15) is 0 Å². The van der Waals surface area contributed by atoms with Crippen molar-refractivity contribution in [3.05, 3.63) is 24.0 Å². The van der Waals surface area contributed by atoms with Crippen molar-refractivity contribution in [2.45, 2.75) is 39.2 Å². The maximum absolute atomic E-state index is 9.79. The van der Waals surface area contributed by atoms with Gasteiger partial charge in [-0.3, -0.25) is 4.98 Å². The number of nitrogen functional groups attached to an aromatic ring is 1. The Kier molecular flexibility index (Phi) is 4.56. The molecule has 1 aromatic heterocycles. The van der Waals surface area contributed by atoms with Crippen molar-refractivity contribution in [2.75, 3.05) is 5.73 Å². The second-order valence-corrected chi connectivity index (χ2v) is 4.40. The molecule has 15 heavy (non-hydrogen) atoms. The first-order chi connectivity index (χ1) is 7.09. The Morgan fingerprint density at radius 3 is 2.73 bits per heavy atom. The van der Waals surface area contributed by atoms with Crippen LogP contribution < -0.4 is 5.73 Å². The van der Waals surface area contributed by atoms with Crippen LogP contribution >= 0.6 is 0 Å². The van der Waals surface area contributed by atoms with E-state index < -0.39 is 0 Å². The van der Waals surface area contributed by atoms with Crippen LogP contribution in [0.3, 0.4) is 0 Å². The van der Waals surface area contributed by atoms with Crippen LogP contribution in [0.4, 0.5) is 5.69 Å². The lowest BCUT2D eigenvalue weighted by molar-refractivity contribution is 0.157. The molecule has 0 aliphatic heterocycles. The molecule has 3 heteroatoms. The molecule has 3 nitrogen and oxygen atoms in total. The molecule has 0 saturated heterocycles. The van der Waals surface area contributed by atoms with Crippen LogP contribution in [-0.4, -0.2) is 16.2 Å². The second kappa shape index (κ2) is 5.71. The summed E-state index contributed by atoms with van der Waals surface area (Å²) in [5.74, 6) is 0.630. The Bertz CT molecular complexity index is 299. The monoisotopic (exact) mass is 208 g/mol. The number of nitrogens with zero attached hydrogens (tertiary/aromatic N) is 1. The maximum atomic E-state index is 9.79. The topological polar surface area (TPSA) is 59.1 Å². The van der Waals surface area contributed by atoms with Gasteiger partial charge in [0.15, 0.2) is 0 Å². The van der Waals surface area contributed by atoms with Crippen molar-refractivity contribution in [1.82, 2.24) is 4.98 Å². The number of anilines is 1. The van der Waals surface area contributed by atoms with Gasteiger partial charge in [-0.15, -0.1) is 0 Å². The molecule has 1 aromatic rings. The summed E-state index contributed by atoms with van der Waals surface area (Å²) < 4.78 is 0. The van der Waals surface area contributed by atoms with Gasteiger partial charge in [-0.1, -0.05) is 13.8 Å². The fourth-order valence-electron chi connectivity index (χ4n) is 1.49. The zero-order valence-corrected chi connectivity index (χ0v) is 9.48. The number of pyridine rings is 1. The van der Waals surface area contributed by atoms with Crippen LogP contribution in [0, 0.1) is 5.92 Å². The van der Waals surface area contributed by atoms with Crippen molar-refractivity contribution in [3.63, 3.8) is 0 Å². The highest BCUT2D eigenvalue weighted by atomic mass is 16.3.